The van der Waals surface area contributed by atoms with Crippen molar-refractivity contribution in [2.75, 3.05) is 10.6 Å². The number of fused-ring (bicyclic) bond motifs is 1. The summed E-state index contributed by atoms with van der Waals surface area (Å²) in [7, 11) is 0. The minimum Gasteiger partial charge on any atom is -0.338 e. The molecule has 27 heavy (non-hydrogen) atoms. The van der Waals surface area contributed by atoms with Crippen molar-refractivity contribution in [1.29, 1.82) is 0 Å². The molecule has 4 rings (SSSR count). The Labute approximate surface area is 165 Å². The maximum Gasteiger partial charge on any atom is 0.175 e. The molecule has 0 saturated heterocycles. The second kappa shape index (κ2) is 7.34. The van der Waals surface area contributed by atoms with Crippen LogP contribution in [0, 0.1) is 5.82 Å². The smallest absolute Gasteiger partial charge is 0.175 e. The topological polar surface area (TPSA) is 52.7 Å². The first-order valence-corrected chi connectivity index (χ1v) is 8.95. The van der Waals surface area contributed by atoms with Gasteiger partial charge in [0.15, 0.2) is 5.11 Å². The van der Waals surface area contributed by atoms with Crippen LogP contribution >= 0.6 is 23.8 Å². The molecule has 3 aromatic carbocycles. The Bertz CT molecular complexity index is 1090. The molecule has 4 nitrogen and oxygen atoms in total. The third kappa shape index (κ3) is 3.92. The van der Waals surface area contributed by atoms with Crippen molar-refractivity contribution in [3.8, 4) is 11.4 Å². The maximum absolute atomic E-state index is 13.2. The minimum atomic E-state index is -0.470. The number of H-pyrrole nitrogens is 1. The molecular formula is C20H14ClFN4S. The number of hydrogen-bond acceptors (Lipinski definition) is 2. The van der Waals surface area contributed by atoms with Crippen molar-refractivity contribution < 1.29 is 4.39 Å². The summed E-state index contributed by atoms with van der Waals surface area (Å²) < 4.78 is 13.2. The van der Waals surface area contributed by atoms with E-state index in [2.05, 4.69) is 20.6 Å². The molecule has 0 aliphatic rings. The SMILES string of the molecule is Fc1ccc(NC(=S)Nc2ccc(-c3nc4ccccc4[nH]3)cc2)cc1Cl. The largest absolute Gasteiger partial charge is 0.338 e. The number of hydrogen-bond donors (Lipinski definition) is 3. The standard InChI is InChI=1S/C20H14ClFN4S/c21-15-11-14(9-10-16(15)22)24-20(27)23-13-7-5-12(6-8-13)19-25-17-3-1-2-4-18(17)26-19/h1-11H,(H,25,26)(H2,23,24,27). The summed E-state index contributed by atoms with van der Waals surface area (Å²) in [6.07, 6.45) is 0. The van der Waals surface area contributed by atoms with Crippen LogP contribution < -0.4 is 10.6 Å². The van der Waals surface area contributed by atoms with E-state index in [1.807, 2.05) is 48.5 Å². The fraction of sp³-hybridized carbons (Fsp3) is 0. The van der Waals surface area contributed by atoms with Gasteiger partial charge in [0, 0.05) is 16.9 Å². The number of aromatic nitrogens is 2. The summed E-state index contributed by atoms with van der Waals surface area (Å²) in [6.45, 7) is 0. The van der Waals surface area contributed by atoms with Gasteiger partial charge in [-0.25, -0.2) is 9.37 Å². The average molecular weight is 397 g/mol. The van der Waals surface area contributed by atoms with E-state index < -0.39 is 5.82 Å². The van der Waals surface area contributed by atoms with Crippen LogP contribution in [0.2, 0.25) is 5.02 Å². The van der Waals surface area contributed by atoms with Gasteiger partial charge in [0.25, 0.3) is 0 Å². The third-order valence-corrected chi connectivity index (χ3v) is 4.48. The van der Waals surface area contributed by atoms with Gasteiger partial charge < -0.3 is 15.6 Å². The van der Waals surface area contributed by atoms with Gasteiger partial charge in [-0.15, -0.1) is 0 Å². The van der Waals surface area contributed by atoms with Gasteiger partial charge in [0.05, 0.1) is 16.1 Å². The van der Waals surface area contributed by atoms with Crippen LogP contribution in [0.3, 0.4) is 0 Å². The van der Waals surface area contributed by atoms with Crippen LogP contribution in [-0.4, -0.2) is 15.1 Å². The van der Waals surface area contributed by atoms with Crippen molar-refractivity contribution in [3.63, 3.8) is 0 Å². The molecule has 0 aliphatic carbocycles. The molecule has 0 aliphatic heterocycles. The molecule has 4 aromatic rings. The van der Waals surface area contributed by atoms with E-state index in [9.17, 15) is 4.39 Å². The fourth-order valence-corrected chi connectivity index (χ4v) is 3.08. The molecule has 3 N–H and O–H groups in total. The quantitative estimate of drug-likeness (QED) is 0.381. The number of thiocarbonyl (C=S) groups is 1. The number of rotatable bonds is 3. The summed E-state index contributed by atoms with van der Waals surface area (Å²) in [4.78, 5) is 7.89. The van der Waals surface area contributed by atoms with Gasteiger partial charge in [-0.1, -0.05) is 23.7 Å². The van der Waals surface area contributed by atoms with Crippen LogP contribution in [0.15, 0.2) is 66.7 Å². The lowest BCUT2D eigenvalue weighted by Gasteiger charge is -2.11. The van der Waals surface area contributed by atoms with Crippen molar-refractivity contribution in [1.82, 2.24) is 9.97 Å². The molecule has 0 atom stereocenters. The number of halogens is 2. The van der Waals surface area contributed by atoms with Gasteiger partial charge in [0.2, 0.25) is 0 Å². The third-order valence-electron chi connectivity index (χ3n) is 3.98. The van der Waals surface area contributed by atoms with Gasteiger partial charge in [-0.05, 0) is 66.8 Å². The monoisotopic (exact) mass is 396 g/mol. The van der Waals surface area contributed by atoms with Gasteiger partial charge in [-0.2, -0.15) is 0 Å². The molecule has 1 aromatic heterocycles. The lowest BCUT2D eigenvalue weighted by Crippen LogP contribution is -2.19. The lowest BCUT2D eigenvalue weighted by molar-refractivity contribution is 0.628. The van der Waals surface area contributed by atoms with Crippen molar-refractivity contribution in [2.45, 2.75) is 0 Å². The molecule has 0 amide bonds. The zero-order valence-corrected chi connectivity index (χ0v) is 15.5. The molecular weight excluding hydrogens is 383 g/mol. The summed E-state index contributed by atoms with van der Waals surface area (Å²) in [5.41, 5.74) is 4.33. The van der Waals surface area contributed by atoms with E-state index in [1.54, 1.807) is 6.07 Å². The Hall–Kier alpha value is -2.96. The predicted molar refractivity (Wildman–Crippen MR) is 113 cm³/mol. The van der Waals surface area contributed by atoms with E-state index >= 15 is 0 Å². The van der Waals surface area contributed by atoms with Crippen LogP contribution in [0.25, 0.3) is 22.4 Å². The van der Waals surface area contributed by atoms with Gasteiger partial charge in [0.1, 0.15) is 11.6 Å². The minimum absolute atomic E-state index is 0.0398. The van der Waals surface area contributed by atoms with Crippen molar-refractivity contribution in [3.05, 3.63) is 77.6 Å². The summed E-state index contributed by atoms with van der Waals surface area (Å²) in [5.74, 6) is 0.340. The van der Waals surface area contributed by atoms with E-state index in [-0.39, 0.29) is 5.02 Å². The Morgan fingerprint density at radius 2 is 1.67 bits per heavy atom. The zero-order valence-electron chi connectivity index (χ0n) is 14.0. The Morgan fingerprint density at radius 1 is 0.963 bits per heavy atom. The molecule has 1 heterocycles. The maximum atomic E-state index is 13.2. The number of para-hydroxylation sites is 2. The highest BCUT2D eigenvalue weighted by atomic mass is 35.5. The summed E-state index contributed by atoms with van der Waals surface area (Å²) in [6, 6.07) is 20.0. The van der Waals surface area contributed by atoms with Crippen LogP contribution in [0.1, 0.15) is 0 Å². The van der Waals surface area contributed by atoms with Gasteiger partial charge in [-0.3, -0.25) is 0 Å². The van der Waals surface area contributed by atoms with Gasteiger partial charge >= 0.3 is 0 Å². The summed E-state index contributed by atoms with van der Waals surface area (Å²) in [5, 5.41) is 6.48. The highest BCUT2D eigenvalue weighted by molar-refractivity contribution is 7.80. The Kier molecular flexibility index (Phi) is 4.75. The number of nitrogens with one attached hydrogen (secondary N) is 3. The number of nitrogens with zero attached hydrogens (tertiary/aromatic N) is 1. The molecule has 0 spiro atoms. The number of imidazole rings is 1. The van der Waals surface area contributed by atoms with E-state index in [0.717, 1.165) is 28.1 Å². The average Bonchev–Trinajstić information content (AvgIpc) is 3.09. The first-order chi connectivity index (χ1) is 13.1. The normalized spacial score (nSPS) is 10.7. The first kappa shape index (κ1) is 17.5. The molecule has 0 saturated carbocycles. The van der Waals surface area contributed by atoms with Crippen LogP contribution in [0.5, 0.6) is 0 Å². The number of benzene rings is 3. The molecule has 134 valence electrons. The molecule has 0 fully saturated rings. The van der Waals surface area contributed by atoms with E-state index in [1.165, 1.54) is 12.1 Å². The van der Waals surface area contributed by atoms with E-state index in [4.69, 9.17) is 23.8 Å². The number of anilines is 2. The van der Waals surface area contributed by atoms with Crippen molar-refractivity contribution in [2.24, 2.45) is 0 Å². The fourth-order valence-electron chi connectivity index (χ4n) is 2.67. The molecule has 0 radical (unpaired) electrons. The second-order valence-electron chi connectivity index (χ2n) is 5.89. The summed E-state index contributed by atoms with van der Waals surface area (Å²) >= 11 is 11.1. The molecule has 7 heteroatoms. The molecule has 0 bridgehead atoms. The van der Waals surface area contributed by atoms with Crippen LogP contribution in [0.4, 0.5) is 15.8 Å². The zero-order chi connectivity index (χ0) is 18.8. The Morgan fingerprint density at radius 3 is 2.41 bits per heavy atom. The number of aromatic amines is 1. The van der Waals surface area contributed by atoms with Crippen LogP contribution in [-0.2, 0) is 0 Å². The second-order valence-corrected chi connectivity index (χ2v) is 6.70. The predicted octanol–water partition coefficient (Wildman–Crippen LogP) is 5.83. The lowest BCUT2D eigenvalue weighted by atomic mass is 10.2. The highest BCUT2D eigenvalue weighted by Gasteiger charge is 2.06. The molecule has 0 unspecified atom stereocenters. The first-order valence-electron chi connectivity index (χ1n) is 8.17. The Balaban J connectivity index is 1.45. The van der Waals surface area contributed by atoms with Crippen molar-refractivity contribution >= 4 is 51.3 Å². The van der Waals surface area contributed by atoms with E-state index in [0.29, 0.717) is 10.8 Å². The highest BCUT2D eigenvalue weighted by Crippen LogP contribution is 2.23.